The van der Waals surface area contributed by atoms with Crippen molar-refractivity contribution in [3.8, 4) is 0 Å². The standard InChI is InChI=1S/C23H28ClN3O2/c24-21-10-18-12-25-22(26-23(28)16-3-1-2-4-16)11-17(18)9-20(21)15-5-7-27(8-6-15)19-13-29-14-19/h9-12,15-16,19H,1-8,13-14H2,(H,25,26,28). The number of nitrogens with one attached hydrogen (secondary N) is 1. The molecule has 1 N–H and O–H groups in total. The van der Waals surface area contributed by atoms with Gasteiger partial charge in [-0.05, 0) is 73.8 Å². The maximum atomic E-state index is 12.4. The van der Waals surface area contributed by atoms with Crippen molar-refractivity contribution in [2.45, 2.75) is 50.5 Å². The van der Waals surface area contributed by atoms with Gasteiger partial charge in [0.15, 0.2) is 0 Å². The van der Waals surface area contributed by atoms with Crippen LogP contribution in [0.15, 0.2) is 24.4 Å². The van der Waals surface area contributed by atoms with Crippen LogP contribution in [0.5, 0.6) is 0 Å². The third-order valence-corrected chi connectivity index (χ3v) is 7.25. The van der Waals surface area contributed by atoms with Crippen LogP contribution in [-0.4, -0.2) is 48.1 Å². The van der Waals surface area contributed by atoms with Crippen molar-refractivity contribution >= 4 is 34.1 Å². The fourth-order valence-electron chi connectivity index (χ4n) is 4.99. The molecule has 0 atom stereocenters. The molecule has 5 rings (SSSR count). The third kappa shape index (κ3) is 4.00. The number of hydrogen-bond donors (Lipinski definition) is 1. The molecule has 6 heteroatoms. The van der Waals surface area contributed by atoms with E-state index in [0.29, 0.717) is 17.8 Å². The van der Waals surface area contributed by atoms with E-state index < -0.39 is 0 Å². The molecule has 1 aromatic heterocycles. The zero-order valence-electron chi connectivity index (χ0n) is 16.7. The summed E-state index contributed by atoms with van der Waals surface area (Å²) < 4.78 is 5.34. The molecular weight excluding hydrogens is 386 g/mol. The summed E-state index contributed by atoms with van der Waals surface area (Å²) in [5.41, 5.74) is 1.22. The lowest BCUT2D eigenvalue weighted by Crippen LogP contribution is -2.51. The fraction of sp³-hybridized carbons (Fsp3) is 0.565. The molecule has 0 spiro atoms. The molecule has 3 fully saturated rings. The topological polar surface area (TPSA) is 54.5 Å². The molecule has 3 heterocycles. The Bertz CT molecular complexity index is 900. The van der Waals surface area contributed by atoms with E-state index in [-0.39, 0.29) is 11.8 Å². The first kappa shape index (κ1) is 19.3. The lowest BCUT2D eigenvalue weighted by molar-refractivity contribution is -0.119. The summed E-state index contributed by atoms with van der Waals surface area (Å²) in [5.74, 6) is 1.37. The molecule has 1 saturated carbocycles. The van der Waals surface area contributed by atoms with Crippen molar-refractivity contribution in [2.75, 3.05) is 31.6 Å². The SMILES string of the molecule is O=C(Nc1cc2cc(C3CCN(C4COC4)CC3)c(Cl)cc2cn1)C1CCCC1. The lowest BCUT2D eigenvalue weighted by Gasteiger charge is -2.41. The number of likely N-dealkylation sites (tertiary alicyclic amines) is 1. The molecule has 29 heavy (non-hydrogen) atoms. The van der Waals surface area contributed by atoms with Crippen LogP contribution < -0.4 is 5.32 Å². The summed E-state index contributed by atoms with van der Waals surface area (Å²) in [5, 5.41) is 5.95. The number of carbonyl (C=O) groups excluding carboxylic acids is 1. The minimum atomic E-state index is 0.107. The second kappa shape index (κ2) is 8.21. The van der Waals surface area contributed by atoms with E-state index >= 15 is 0 Å². The molecule has 1 amide bonds. The first-order valence-corrected chi connectivity index (χ1v) is 11.3. The van der Waals surface area contributed by atoms with E-state index in [4.69, 9.17) is 16.3 Å². The summed E-state index contributed by atoms with van der Waals surface area (Å²) in [4.78, 5) is 19.4. The number of nitrogens with zero attached hydrogens (tertiary/aromatic N) is 2. The van der Waals surface area contributed by atoms with Gasteiger partial charge in [-0.2, -0.15) is 0 Å². The molecule has 5 nitrogen and oxygen atoms in total. The van der Waals surface area contributed by atoms with Gasteiger partial charge in [0, 0.05) is 22.5 Å². The maximum Gasteiger partial charge on any atom is 0.228 e. The summed E-state index contributed by atoms with van der Waals surface area (Å²) in [6.45, 7) is 3.96. The number of hydrogen-bond acceptors (Lipinski definition) is 4. The van der Waals surface area contributed by atoms with Gasteiger partial charge in [-0.15, -0.1) is 0 Å². The number of anilines is 1. The number of piperidine rings is 1. The van der Waals surface area contributed by atoms with Crippen molar-refractivity contribution in [1.82, 2.24) is 9.88 Å². The molecule has 154 valence electrons. The van der Waals surface area contributed by atoms with Crippen molar-refractivity contribution < 1.29 is 9.53 Å². The Kier molecular flexibility index (Phi) is 5.46. The number of rotatable bonds is 4. The van der Waals surface area contributed by atoms with Gasteiger partial charge in [0.05, 0.1) is 19.3 Å². The van der Waals surface area contributed by atoms with E-state index in [1.54, 1.807) is 0 Å². The molecule has 2 aromatic rings. The van der Waals surface area contributed by atoms with Crippen molar-refractivity contribution in [3.63, 3.8) is 0 Å². The average molecular weight is 414 g/mol. The highest BCUT2D eigenvalue weighted by molar-refractivity contribution is 6.32. The van der Waals surface area contributed by atoms with Crippen LogP contribution in [0.2, 0.25) is 5.02 Å². The third-order valence-electron chi connectivity index (χ3n) is 6.92. The van der Waals surface area contributed by atoms with Crippen LogP contribution >= 0.6 is 11.6 Å². The van der Waals surface area contributed by atoms with Gasteiger partial charge in [-0.25, -0.2) is 4.98 Å². The zero-order valence-corrected chi connectivity index (χ0v) is 17.5. The second-order valence-corrected chi connectivity index (χ2v) is 9.17. The van der Waals surface area contributed by atoms with Crippen LogP contribution in [0.1, 0.15) is 50.0 Å². The summed E-state index contributed by atoms with van der Waals surface area (Å²) in [6.07, 6.45) is 8.34. The van der Waals surface area contributed by atoms with Crippen molar-refractivity contribution in [1.29, 1.82) is 0 Å². The first-order chi connectivity index (χ1) is 14.2. The number of fused-ring (bicyclic) bond motifs is 1. The lowest BCUT2D eigenvalue weighted by atomic mass is 9.87. The van der Waals surface area contributed by atoms with Crippen LogP contribution in [0.25, 0.3) is 10.8 Å². The predicted molar refractivity (Wildman–Crippen MR) is 115 cm³/mol. The van der Waals surface area contributed by atoms with Gasteiger partial charge in [-0.1, -0.05) is 24.4 Å². The van der Waals surface area contributed by atoms with Gasteiger partial charge in [0.2, 0.25) is 5.91 Å². The normalized spacial score (nSPS) is 22.1. The number of amides is 1. The van der Waals surface area contributed by atoms with Crippen LogP contribution in [-0.2, 0) is 9.53 Å². The highest BCUT2D eigenvalue weighted by atomic mass is 35.5. The van der Waals surface area contributed by atoms with E-state index in [0.717, 1.165) is 80.6 Å². The predicted octanol–water partition coefficient (Wildman–Crippen LogP) is 4.60. The molecule has 2 saturated heterocycles. The van der Waals surface area contributed by atoms with Crippen LogP contribution in [0.3, 0.4) is 0 Å². The molecule has 3 aliphatic rings. The van der Waals surface area contributed by atoms with E-state index in [9.17, 15) is 4.79 Å². The Morgan fingerprint density at radius 2 is 1.83 bits per heavy atom. The van der Waals surface area contributed by atoms with Gasteiger partial charge in [0.25, 0.3) is 0 Å². The number of ether oxygens (including phenoxy) is 1. The Labute approximate surface area is 176 Å². The second-order valence-electron chi connectivity index (χ2n) is 8.76. The maximum absolute atomic E-state index is 12.4. The summed E-state index contributed by atoms with van der Waals surface area (Å²) in [6, 6.07) is 6.83. The van der Waals surface area contributed by atoms with Crippen molar-refractivity contribution in [2.24, 2.45) is 5.92 Å². The van der Waals surface area contributed by atoms with Gasteiger partial charge in [-0.3, -0.25) is 9.69 Å². The molecule has 2 aliphatic heterocycles. The minimum Gasteiger partial charge on any atom is -0.378 e. The van der Waals surface area contributed by atoms with Gasteiger partial charge < -0.3 is 10.1 Å². The zero-order chi connectivity index (χ0) is 19.8. The number of aromatic nitrogens is 1. The number of halogens is 1. The molecule has 0 bridgehead atoms. The highest BCUT2D eigenvalue weighted by Crippen LogP contribution is 2.36. The van der Waals surface area contributed by atoms with Crippen LogP contribution in [0, 0.1) is 5.92 Å². The van der Waals surface area contributed by atoms with E-state index in [2.05, 4.69) is 21.3 Å². The average Bonchev–Trinajstić information content (AvgIpc) is 3.22. The number of pyridine rings is 1. The fourth-order valence-corrected chi connectivity index (χ4v) is 5.32. The van der Waals surface area contributed by atoms with Crippen molar-refractivity contribution in [3.05, 3.63) is 35.0 Å². The number of benzene rings is 1. The van der Waals surface area contributed by atoms with E-state index in [1.165, 1.54) is 5.56 Å². The number of carbonyl (C=O) groups is 1. The Hall–Kier alpha value is -1.69. The molecule has 1 aromatic carbocycles. The highest BCUT2D eigenvalue weighted by Gasteiger charge is 2.30. The first-order valence-electron chi connectivity index (χ1n) is 10.9. The van der Waals surface area contributed by atoms with Gasteiger partial charge >= 0.3 is 0 Å². The smallest absolute Gasteiger partial charge is 0.228 e. The largest absolute Gasteiger partial charge is 0.378 e. The van der Waals surface area contributed by atoms with Gasteiger partial charge in [0.1, 0.15) is 5.82 Å². The minimum absolute atomic E-state index is 0.107. The quantitative estimate of drug-likeness (QED) is 0.796. The summed E-state index contributed by atoms with van der Waals surface area (Å²) in [7, 11) is 0. The van der Waals surface area contributed by atoms with Crippen LogP contribution in [0.4, 0.5) is 5.82 Å². The molecule has 0 radical (unpaired) electrons. The Balaban J connectivity index is 1.32. The Morgan fingerprint density at radius 3 is 2.52 bits per heavy atom. The van der Waals surface area contributed by atoms with E-state index in [1.807, 2.05) is 18.3 Å². The monoisotopic (exact) mass is 413 g/mol. The molecule has 1 aliphatic carbocycles. The molecule has 0 unspecified atom stereocenters. The molecular formula is C23H28ClN3O2. The summed E-state index contributed by atoms with van der Waals surface area (Å²) >= 11 is 6.65. The Morgan fingerprint density at radius 1 is 1.07 bits per heavy atom.